The molecule has 0 spiro atoms. The number of ether oxygens (including phenoxy) is 2. The van der Waals surface area contributed by atoms with Crippen molar-refractivity contribution in [3.63, 3.8) is 0 Å². The fourth-order valence-electron chi connectivity index (χ4n) is 3.57. The summed E-state index contributed by atoms with van der Waals surface area (Å²) in [5.41, 5.74) is -0.149. The first-order valence-corrected chi connectivity index (χ1v) is 16.7. The third-order valence-corrected chi connectivity index (χ3v) is 6.40. The van der Waals surface area contributed by atoms with E-state index in [9.17, 15) is 29.4 Å². The van der Waals surface area contributed by atoms with Crippen LogP contribution in [-0.2, 0) is 9.47 Å². The zero-order valence-electron chi connectivity index (χ0n) is 29.1. The van der Waals surface area contributed by atoms with Gasteiger partial charge >= 0.3 is 35.8 Å². The van der Waals surface area contributed by atoms with Crippen molar-refractivity contribution in [2.24, 2.45) is 0 Å². The molecule has 2 aromatic carbocycles. The number of carboxylic acid groups (broad SMARTS) is 2. The van der Waals surface area contributed by atoms with Gasteiger partial charge in [-0.3, -0.25) is 0 Å². The number of carbonyl (C=O) groups excluding carboxylic acids is 4. The zero-order chi connectivity index (χ0) is 35.0. The van der Waals surface area contributed by atoms with Crippen LogP contribution in [0.2, 0.25) is 0 Å². The number of carboxylic acids is 2. The first-order chi connectivity index (χ1) is 22.2. The van der Waals surface area contributed by atoms with E-state index in [0.29, 0.717) is 13.2 Å². The van der Waals surface area contributed by atoms with E-state index < -0.39 is 23.9 Å². The summed E-state index contributed by atoms with van der Waals surface area (Å²) in [6.07, 6.45) is 15.2. The Bertz CT molecular complexity index is 997. The third-order valence-electron chi connectivity index (χ3n) is 6.40. The molecule has 4 radical (unpaired) electrons. The summed E-state index contributed by atoms with van der Waals surface area (Å²) >= 11 is 0. The van der Waals surface area contributed by atoms with Crippen LogP contribution in [0, 0.1) is 13.8 Å². The number of carbonyl (C=O) groups is 4. The summed E-state index contributed by atoms with van der Waals surface area (Å²) < 4.78 is 10.1. The van der Waals surface area contributed by atoms with Gasteiger partial charge < -0.3 is 29.3 Å². The van der Waals surface area contributed by atoms with Gasteiger partial charge in [0.1, 0.15) is 0 Å². The van der Waals surface area contributed by atoms with Gasteiger partial charge in [0, 0.05) is 11.1 Å². The Labute approximate surface area is 301 Å². The Hall–Kier alpha value is -2.88. The number of rotatable bonds is 18. The Morgan fingerprint density at radius 2 is 0.787 bits per heavy atom. The topological polar surface area (TPSA) is 133 Å². The molecular formula is C38H56O8Sn. The van der Waals surface area contributed by atoms with Crippen molar-refractivity contribution in [1.29, 1.82) is 0 Å². The van der Waals surface area contributed by atoms with Crippen LogP contribution < -0.4 is 10.2 Å². The Morgan fingerprint density at radius 3 is 1.04 bits per heavy atom. The summed E-state index contributed by atoms with van der Waals surface area (Å²) in [6, 6.07) is 11.9. The SMILES string of the molecule is CCCCCCCOC(=O)c1ccccc1C(=O)[O-].CCCCCCCOC(=O)c1ccccc1C(=O)[O-].[CH2]CCC.[CH2]CCC.[Sn+2]. The van der Waals surface area contributed by atoms with Gasteiger partial charge in [0.15, 0.2) is 0 Å². The predicted molar refractivity (Wildman–Crippen MR) is 186 cm³/mol. The van der Waals surface area contributed by atoms with E-state index in [4.69, 9.17) is 9.47 Å². The number of aromatic carboxylic acids is 2. The molecule has 0 fully saturated rings. The van der Waals surface area contributed by atoms with Crippen LogP contribution in [0.15, 0.2) is 48.5 Å². The van der Waals surface area contributed by atoms with Crippen LogP contribution >= 0.6 is 0 Å². The summed E-state index contributed by atoms with van der Waals surface area (Å²) in [5, 5.41) is 21.7. The van der Waals surface area contributed by atoms with Crippen LogP contribution in [0.3, 0.4) is 0 Å². The van der Waals surface area contributed by atoms with Gasteiger partial charge in [-0.1, -0.05) is 155 Å². The van der Waals surface area contributed by atoms with Gasteiger partial charge in [-0.15, -0.1) is 0 Å². The average molecular weight is 760 g/mol. The summed E-state index contributed by atoms with van der Waals surface area (Å²) in [7, 11) is 0. The molecule has 0 aliphatic carbocycles. The van der Waals surface area contributed by atoms with Gasteiger partial charge in [0.25, 0.3) is 0 Å². The van der Waals surface area contributed by atoms with E-state index in [2.05, 4.69) is 41.5 Å². The predicted octanol–water partition coefficient (Wildman–Crippen LogP) is 7.21. The van der Waals surface area contributed by atoms with Crippen molar-refractivity contribution < 1.29 is 38.9 Å². The maximum Gasteiger partial charge on any atom is 2.00 e. The van der Waals surface area contributed by atoms with Gasteiger partial charge in [-0.2, -0.15) is 0 Å². The number of hydrogen-bond acceptors (Lipinski definition) is 8. The minimum Gasteiger partial charge on any atom is -0.545 e. The minimum absolute atomic E-state index is 0. The first kappa shape index (κ1) is 48.5. The quantitative estimate of drug-likeness (QED) is 0.0885. The summed E-state index contributed by atoms with van der Waals surface area (Å²) in [4.78, 5) is 45.2. The Kier molecular flexibility index (Phi) is 35.6. The molecule has 2 rings (SSSR count). The molecule has 0 atom stereocenters. The van der Waals surface area contributed by atoms with E-state index >= 15 is 0 Å². The molecule has 0 aromatic heterocycles. The van der Waals surface area contributed by atoms with Crippen molar-refractivity contribution in [3.05, 3.63) is 84.6 Å². The molecule has 8 nitrogen and oxygen atoms in total. The van der Waals surface area contributed by atoms with Crippen LogP contribution in [-0.4, -0.2) is 61.0 Å². The maximum atomic E-state index is 11.7. The van der Waals surface area contributed by atoms with Gasteiger partial charge in [0.05, 0.1) is 36.3 Å². The number of unbranched alkanes of at least 4 members (excludes halogenated alkanes) is 10. The molecule has 0 amide bonds. The molecule has 0 bridgehead atoms. The van der Waals surface area contributed by atoms with Crippen LogP contribution in [0.4, 0.5) is 0 Å². The Balaban J connectivity index is -0.000000659. The van der Waals surface area contributed by atoms with Crippen LogP contribution in [0.25, 0.3) is 0 Å². The van der Waals surface area contributed by atoms with E-state index in [1.54, 1.807) is 24.3 Å². The second-order valence-electron chi connectivity index (χ2n) is 10.5. The molecule has 0 N–H and O–H groups in total. The molecule has 0 saturated heterocycles. The molecule has 260 valence electrons. The van der Waals surface area contributed by atoms with E-state index in [-0.39, 0.29) is 46.2 Å². The number of benzene rings is 2. The molecule has 0 aliphatic rings. The first-order valence-electron chi connectivity index (χ1n) is 16.7. The minimum atomic E-state index is -1.37. The van der Waals surface area contributed by atoms with Gasteiger partial charge in [0.2, 0.25) is 0 Å². The van der Waals surface area contributed by atoms with Crippen LogP contribution in [0.5, 0.6) is 0 Å². The number of esters is 2. The van der Waals surface area contributed by atoms with Gasteiger partial charge in [-0.25, -0.2) is 9.59 Å². The Morgan fingerprint density at radius 1 is 0.511 bits per heavy atom. The standard InChI is InChI=1S/2C15H20O4.2C4H9.Sn/c2*1-2-3-4-5-8-11-19-15(18)13-10-7-6-9-12(13)14(16)17;2*1-3-4-2;/h2*6-7,9-10H,2-5,8,11H2,1H3,(H,16,17);2*1,3-4H2,2H3;/q;;;;+2/p-2. The zero-order valence-corrected chi connectivity index (χ0v) is 32.0. The molecule has 0 heterocycles. The monoisotopic (exact) mass is 760 g/mol. The second-order valence-corrected chi connectivity index (χ2v) is 10.5. The molecule has 2 aromatic rings. The van der Waals surface area contributed by atoms with Crippen LogP contribution in [0.1, 0.15) is 159 Å². The number of hydrogen-bond donors (Lipinski definition) is 0. The molecule has 47 heavy (non-hydrogen) atoms. The fourth-order valence-corrected chi connectivity index (χ4v) is 3.57. The average Bonchev–Trinajstić information content (AvgIpc) is 3.08. The van der Waals surface area contributed by atoms with E-state index in [0.717, 1.165) is 51.4 Å². The van der Waals surface area contributed by atoms with Crippen molar-refractivity contribution in [2.75, 3.05) is 13.2 Å². The third kappa shape index (κ3) is 25.8. The van der Waals surface area contributed by atoms with E-state index in [1.165, 1.54) is 62.8 Å². The molecule has 0 saturated carbocycles. The van der Waals surface area contributed by atoms with Gasteiger partial charge in [-0.05, 0) is 25.0 Å². The fraction of sp³-hybridized carbons (Fsp3) is 0.526. The molecular weight excluding hydrogens is 703 g/mol. The van der Waals surface area contributed by atoms with Crippen molar-refractivity contribution in [3.8, 4) is 0 Å². The maximum absolute atomic E-state index is 11.7. The van der Waals surface area contributed by atoms with Crippen molar-refractivity contribution in [1.82, 2.24) is 0 Å². The normalized spacial score (nSPS) is 9.49. The second kappa shape index (κ2) is 34.5. The summed E-state index contributed by atoms with van der Waals surface area (Å²) in [6.45, 7) is 16.4. The largest absolute Gasteiger partial charge is 2.00 e. The van der Waals surface area contributed by atoms with Crippen molar-refractivity contribution in [2.45, 2.75) is 118 Å². The summed E-state index contributed by atoms with van der Waals surface area (Å²) in [5.74, 6) is -3.93. The van der Waals surface area contributed by atoms with E-state index in [1.807, 2.05) is 0 Å². The smallest absolute Gasteiger partial charge is 0.545 e. The molecule has 0 unspecified atom stereocenters. The van der Waals surface area contributed by atoms with Crippen molar-refractivity contribution >= 4 is 47.8 Å². The molecule has 9 heteroatoms. The molecule has 0 aliphatic heterocycles.